The number of carbonyl (C=O) groups excluding carboxylic acids is 2. The first-order valence-corrected chi connectivity index (χ1v) is 7.41. The molecule has 0 aromatic carbocycles. The van der Waals surface area contributed by atoms with Crippen molar-refractivity contribution in [2.45, 2.75) is 24.7 Å². The number of fused-ring (bicyclic) bond motifs is 3. The molecule has 0 amide bonds. The number of hydrogen-bond donors (Lipinski definition) is 0. The summed E-state index contributed by atoms with van der Waals surface area (Å²) in [5, 5.41) is 0. The third-order valence-electron chi connectivity index (χ3n) is 6.69. The summed E-state index contributed by atoms with van der Waals surface area (Å²) in [5.41, 5.74) is -0.602. The van der Waals surface area contributed by atoms with E-state index in [0.29, 0.717) is 6.42 Å². The van der Waals surface area contributed by atoms with Crippen LogP contribution >= 0.6 is 0 Å². The van der Waals surface area contributed by atoms with E-state index in [4.69, 9.17) is 0 Å². The van der Waals surface area contributed by atoms with Gasteiger partial charge in [-0.25, -0.2) is 0 Å². The topological polar surface area (TPSA) is 43.4 Å². The molecule has 2 bridgehead atoms. The second-order valence-electron chi connectivity index (χ2n) is 7.29. The molecule has 6 atom stereocenters. The molecule has 5 aliphatic rings. The van der Waals surface area contributed by atoms with Gasteiger partial charge in [0.25, 0.3) is 0 Å². The second kappa shape index (κ2) is 3.26. The van der Waals surface area contributed by atoms with E-state index in [1.54, 1.807) is 12.2 Å². The van der Waals surface area contributed by atoms with Gasteiger partial charge < -0.3 is 4.74 Å². The van der Waals surface area contributed by atoms with Crippen molar-refractivity contribution in [3.05, 3.63) is 12.2 Å². The van der Waals surface area contributed by atoms with Gasteiger partial charge in [-0.15, -0.1) is 0 Å². The molecule has 0 aromatic heterocycles. The number of rotatable bonds is 1. The highest BCUT2D eigenvalue weighted by molar-refractivity contribution is 5.98. The summed E-state index contributed by atoms with van der Waals surface area (Å²) in [6.07, 6.45) is 3.17. The Morgan fingerprint density at radius 3 is 1.91 bits per heavy atom. The Balaban J connectivity index is 1.48. The zero-order chi connectivity index (χ0) is 15.7. The lowest BCUT2D eigenvalue weighted by Gasteiger charge is -2.45. The fraction of sp³-hybridized carbons (Fsp3) is 0.733. The van der Waals surface area contributed by atoms with Gasteiger partial charge in [0.05, 0.1) is 11.8 Å². The lowest BCUT2D eigenvalue weighted by molar-refractivity contribution is -0.320. The van der Waals surface area contributed by atoms with Crippen LogP contribution in [0.25, 0.3) is 0 Å². The van der Waals surface area contributed by atoms with Crippen LogP contribution in [0, 0.1) is 40.9 Å². The van der Waals surface area contributed by atoms with E-state index in [1.165, 1.54) is 0 Å². The van der Waals surface area contributed by atoms with Gasteiger partial charge in [0.2, 0.25) is 0 Å². The quantitative estimate of drug-likeness (QED) is 0.323. The third kappa shape index (κ3) is 1.09. The largest absolute Gasteiger partial charge is 0.393 e. The molecule has 0 aromatic rings. The van der Waals surface area contributed by atoms with E-state index in [-0.39, 0.29) is 11.8 Å². The Bertz CT molecular complexity index is 625. The maximum atomic E-state index is 13.7. The van der Waals surface area contributed by atoms with Crippen LogP contribution in [0.1, 0.15) is 12.8 Å². The summed E-state index contributed by atoms with van der Waals surface area (Å²) < 4.78 is 58.2. The van der Waals surface area contributed by atoms with Crippen LogP contribution < -0.4 is 0 Å². The molecule has 5 rings (SSSR count). The molecule has 7 heteroatoms. The predicted octanol–water partition coefficient (Wildman–Crippen LogP) is 2.41. The molecular weight excluding hydrogens is 304 g/mol. The molecule has 118 valence electrons. The van der Waals surface area contributed by atoms with Gasteiger partial charge in [-0.2, -0.15) is 17.6 Å². The van der Waals surface area contributed by atoms with Crippen LogP contribution in [0.5, 0.6) is 0 Å². The summed E-state index contributed by atoms with van der Waals surface area (Å²) >= 11 is 0. The fourth-order valence-electron chi connectivity index (χ4n) is 5.68. The van der Waals surface area contributed by atoms with Crippen LogP contribution in [0.3, 0.4) is 0 Å². The van der Waals surface area contributed by atoms with Crippen LogP contribution in [-0.4, -0.2) is 23.8 Å². The lowest BCUT2D eigenvalue weighted by atomic mass is 9.70. The SMILES string of the molecule is O=C1OC(=O)[C@H]2[C@H]1[C@H]1C=C[C@H]2C12C[C@H]2[C@@H]1CC(F)(F)C1(F)F. The Morgan fingerprint density at radius 1 is 0.909 bits per heavy atom. The maximum Gasteiger partial charge on any atom is 0.318 e. The lowest BCUT2D eigenvalue weighted by Crippen LogP contribution is -2.60. The number of ether oxygens (including phenoxy) is 1. The van der Waals surface area contributed by atoms with Crippen molar-refractivity contribution >= 4 is 11.9 Å². The van der Waals surface area contributed by atoms with Crippen molar-refractivity contribution in [2.75, 3.05) is 0 Å². The van der Waals surface area contributed by atoms with Gasteiger partial charge in [0.15, 0.2) is 0 Å². The zero-order valence-corrected chi connectivity index (χ0v) is 11.3. The smallest absolute Gasteiger partial charge is 0.318 e. The molecule has 4 aliphatic carbocycles. The molecule has 1 heterocycles. The fourth-order valence-corrected chi connectivity index (χ4v) is 5.68. The molecule has 0 unspecified atom stereocenters. The highest BCUT2D eigenvalue weighted by atomic mass is 19.3. The monoisotopic (exact) mass is 316 g/mol. The molecule has 0 N–H and O–H groups in total. The number of hydrogen-bond acceptors (Lipinski definition) is 3. The third-order valence-corrected chi connectivity index (χ3v) is 6.69. The van der Waals surface area contributed by atoms with E-state index < -0.39 is 59.3 Å². The summed E-state index contributed by atoms with van der Waals surface area (Å²) in [5.74, 6) is -12.9. The Labute approximate surface area is 122 Å². The molecule has 1 aliphatic heterocycles. The standard InChI is InChI=1S/C15H12F4O3/c16-14(17)4-8(15(14,18)19)7-3-13(7)5-1-2-6(13)10-9(5)11(20)22-12(10)21/h1-2,5-10H,3-4H2/t5-,6-,7+,8+,9-,10-/m1/s1. The van der Waals surface area contributed by atoms with Crippen molar-refractivity contribution in [1.29, 1.82) is 0 Å². The van der Waals surface area contributed by atoms with E-state index >= 15 is 0 Å². The average Bonchev–Trinajstić information content (AvgIpc) is 2.84. The zero-order valence-electron chi connectivity index (χ0n) is 11.3. The van der Waals surface area contributed by atoms with Gasteiger partial charge >= 0.3 is 23.8 Å². The molecule has 1 spiro atoms. The summed E-state index contributed by atoms with van der Waals surface area (Å²) in [6, 6.07) is 0. The average molecular weight is 316 g/mol. The summed E-state index contributed by atoms with van der Waals surface area (Å²) in [7, 11) is 0. The van der Waals surface area contributed by atoms with Crippen molar-refractivity contribution in [3.8, 4) is 0 Å². The first kappa shape index (κ1) is 13.1. The number of carbonyl (C=O) groups is 2. The highest BCUT2D eigenvalue weighted by Gasteiger charge is 2.84. The highest BCUT2D eigenvalue weighted by Crippen LogP contribution is 2.81. The summed E-state index contributed by atoms with van der Waals surface area (Å²) in [6.45, 7) is 0. The van der Waals surface area contributed by atoms with Crippen LogP contribution in [0.15, 0.2) is 12.2 Å². The van der Waals surface area contributed by atoms with Crippen molar-refractivity contribution in [2.24, 2.45) is 40.9 Å². The molecule has 3 saturated carbocycles. The first-order chi connectivity index (χ1) is 10.2. The minimum atomic E-state index is -3.98. The van der Waals surface area contributed by atoms with E-state index in [2.05, 4.69) is 4.74 Å². The van der Waals surface area contributed by atoms with Gasteiger partial charge in [-0.1, -0.05) is 12.2 Å². The molecular formula is C15H12F4O3. The van der Waals surface area contributed by atoms with Crippen LogP contribution in [0.2, 0.25) is 0 Å². The Morgan fingerprint density at radius 2 is 1.45 bits per heavy atom. The molecule has 1 saturated heterocycles. The van der Waals surface area contributed by atoms with E-state index in [0.717, 1.165) is 0 Å². The molecule has 3 nitrogen and oxygen atoms in total. The second-order valence-corrected chi connectivity index (χ2v) is 7.29. The Kier molecular flexibility index (Phi) is 1.94. The number of esters is 2. The predicted molar refractivity (Wildman–Crippen MR) is 62.7 cm³/mol. The molecule has 0 radical (unpaired) electrons. The first-order valence-electron chi connectivity index (χ1n) is 7.41. The number of allylic oxidation sites excluding steroid dienone is 2. The Hall–Kier alpha value is -1.40. The molecule has 4 fully saturated rings. The van der Waals surface area contributed by atoms with Crippen molar-refractivity contribution < 1.29 is 31.9 Å². The van der Waals surface area contributed by atoms with E-state index in [1.807, 2.05) is 0 Å². The van der Waals surface area contributed by atoms with Gasteiger partial charge in [-0.05, 0) is 29.6 Å². The van der Waals surface area contributed by atoms with Crippen LogP contribution in [-0.2, 0) is 14.3 Å². The number of halogens is 4. The van der Waals surface area contributed by atoms with Crippen molar-refractivity contribution in [1.82, 2.24) is 0 Å². The van der Waals surface area contributed by atoms with Crippen LogP contribution in [0.4, 0.5) is 17.6 Å². The summed E-state index contributed by atoms with van der Waals surface area (Å²) in [4.78, 5) is 23.6. The normalized spacial score (nSPS) is 55.3. The minimum absolute atomic E-state index is 0.323. The van der Waals surface area contributed by atoms with Gasteiger partial charge in [-0.3, -0.25) is 9.59 Å². The maximum absolute atomic E-state index is 13.7. The van der Waals surface area contributed by atoms with Crippen molar-refractivity contribution in [3.63, 3.8) is 0 Å². The number of alkyl halides is 4. The van der Waals surface area contributed by atoms with Gasteiger partial charge in [0.1, 0.15) is 0 Å². The number of cyclic esters (lactones) is 2. The molecule has 22 heavy (non-hydrogen) atoms. The van der Waals surface area contributed by atoms with E-state index in [9.17, 15) is 27.2 Å². The van der Waals surface area contributed by atoms with Gasteiger partial charge in [0, 0.05) is 12.3 Å². The minimum Gasteiger partial charge on any atom is -0.393 e.